The zero-order valence-corrected chi connectivity index (χ0v) is 7.28. The average molecular weight is 188 g/mol. The molecule has 1 heterocycles. The molecule has 0 amide bonds. The molecule has 2 rings (SSSR count). The lowest BCUT2D eigenvalue weighted by Gasteiger charge is -1.93. The van der Waals surface area contributed by atoms with Gasteiger partial charge in [0.1, 0.15) is 18.4 Å². The lowest BCUT2D eigenvalue weighted by molar-refractivity contribution is 0.475. The highest BCUT2D eigenvalue weighted by Crippen LogP contribution is 2.08. The monoisotopic (exact) mass is 188 g/mol. The second-order valence-electron chi connectivity index (χ2n) is 2.68. The number of nitrogens with zero attached hydrogens (tertiary/aromatic N) is 4. The first-order chi connectivity index (χ1) is 6.84. The Morgan fingerprint density at radius 2 is 2.07 bits per heavy atom. The Kier molecular flexibility index (Phi) is 2.22. The summed E-state index contributed by atoms with van der Waals surface area (Å²) < 4.78 is 1.48. The van der Waals surface area contributed by atoms with Crippen LogP contribution in [0.15, 0.2) is 42.0 Å². The van der Waals surface area contributed by atoms with E-state index in [1.807, 2.05) is 6.07 Å². The van der Waals surface area contributed by atoms with Crippen LogP contribution in [0.2, 0.25) is 0 Å². The van der Waals surface area contributed by atoms with Crippen LogP contribution in [-0.4, -0.2) is 26.2 Å². The topological polar surface area (TPSA) is 63.3 Å². The molecule has 0 saturated heterocycles. The third-order valence-corrected chi connectivity index (χ3v) is 1.62. The normalized spacial score (nSPS) is 10.9. The summed E-state index contributed by atoms with van der Waals surface area (Å²) in [6.45, 7) is 0. The first kappa shape index (κ1) is 8.43. The second kappa shape index (κ2) is 3.69. The maximum atomic E-state index is 9.18. The number of benzene rings is 1. The predicted molar refractivity (Wildman–Crippen MR) is 51.1 cm³/mol. The van der Waals surface area contributed by atoms with Crippen molar-refractivity contribution in [1.29, 1.82) is 0 Å². The summed E-state index contributed by atoms with van der Waals surface area (Å²) in [5, 5.41) is 20.4. The zero-order valence-electron chi connectivity index (χ0n) is 7.28. The molecule has 14 heavy (non-hydrogen) atoms. The van der Waals surface area contributed by atoms with E-state index in [-0.39, 0.29) is 5.75 Å². The van der Waals surface area contributed by atoms with E-state index in [0.717, 1.165) is 5.56 Å². The molecule has 0 bridgehead atoms. The predicted octanol–water partition coefficient (Wildman–Crippen LogP) is 0.866. The van der Waals surface area contributed by atoms with Gasteiger partial charge < -0.3 is 5.11 Å². The number of aromatic hydroxyl groups is 1. The molecule has 5 nitrogen and oxygen atoms in total. The van der Waals surface area contributed by atoms with Crippen molar-refractivity contribution < 1.29 is 5.11 Å². The Labute approximate surface area is 80.3 Å². The number of phenols is 1. The van der Waals surface area contributed by atoms with Crippen molar-refractivity contribution in [2.45, 2.75) is 0 Å². The first-order valence-corrected chi connectivity index (χ1v) is 4.02. The van der Waals surface area contributed by atoms with E-state index in [1.54, 1.807) is 24.4 Å². The molecule has 2 aromatic rings. The van der Waals surface area contributed by atoms with Crippen molar-refractivity contribution in [2.24, 2.45) is 5.10 Å². The number of aromatic nitrogens is 3. The van der Waals surface area contributed by atoms with Crippen molar-refractivity contribution in [3.8, 4) is 5.75 Å². The summed E-state index contributed by atoms with van der Waals surface area (Å²) in [7, 11) is 0. The Bertz CT molecular complexity index is 436. The van der Waals surface area contributed by atoms with E-state index in [9.17, 15) is 5.11 Å². The molecule has 0 saturated carbocycles. The third kappa shape index (κ3) is 1.95. The van der Waals surface area contributed by atoms with Gasteiger partial charge in [0, 0.05) is 0 Å². The largest absolute Gasteiger partial charge is 0.508 e. The van der Waals surface area contributed by atoms with Gasteiger partial charge in [-0.3, -0.25) is 0 Å². The molecule has 0 atom stereocenters. The van der Waals surface area contributed by atoms with E-state index in [0.29, 0.717) is 0 Å². The third-order valence-electron chi connectivity index (χ3n) is 1.62. The number of rotatable bonds is 2. The van der Waals surface area contributed by atoms with Gasteiger partial charge in [0.15, 0.2) is 0 Å². The fourth-order valence-electron chi connectivity index (χ4n) is 0.993. The smallest absolute Gasteiger partial charge is 0.141 e. The Morgan fingerprint density at radius 1 is 1.29 bits per heavy atom. The lowest BCUT2D eigenvalue weighted by atomic mass is 10.2. The second-order valence-corrected chi connectivity index (χ2v) is 2.68. The molecule has 0 aliphatic heterocycles. The molecule has 0 fully saturated rings. The zero-order chi connectivity index (χ0) is 9.80. The molecule has 0 spiro atoms. The molecule has 0 unspecified atom stereocenters. The highest BCUT2D eigenvalue weighted by Gasteiger charge is 1.90. The van der Waals surface area contributed by atoms with Gasteiger partial charge in [0.2, 0.25) is 0 Å². The van der Waals surface area contributed by atoms with Gasteiger partial charge in [-0.1, -0.05) is 12.1 Å². The number of hydrogen-bond acceptors (Lipinski definition) is 4. The van der Waals surface area contributed by atoms with Crippen LogP contribution >= 0.6 is 0 Å². The summed E-state index contributed by atoms with van der Waals surface area (Å²) in [6, 6.07) is 6.82. The van der Waals surface area contributed by atoms with Crippen LogP contribution in [0.25, 0.3) is 0 Å². The van der Waals surface area contributed by atoms with Gasteiger partial charge >= 0.3 is 0 Å². The molecular formula is C9H8N4O. The fraction of sp³-hybridized carbons (Fsp3) is 0. The summed E-state index contributed by atoms with van der Waals surface area (Å²) in [4.78, 5) is 0. The first-order valence-electron chi connectivity index (χ1n) is 4.02. The van der Waals surface area contributed by atoms with Crippen LogP contribution in [0.1, 0.15) is 5.56 Å². The van der Waals surface area contributed by atoms with Gasteiger partial charge in [0.05, 0.1) is 6.21 Å². The Morgan fingerprint density at radius 3 is 2.79 bits per heavy atom. The quantitative estimate of drug-likeness (QED) is 0.711. The lowest BCUT2D eigenvalue weighted by Crippen LogP contribution is -1.86. The van der Waals surface area contributed by atoms with E-state index in [2.05, 4.69) is 15.3 Å². The molecule has 0 radical (unpaired) electrons. The van der Waals surface area contributed by atoms with Gasteiger partial charge in [0.25, 0.3) is 0 Å². The molecule has 70 valence electrons. The van der Waals surface area contributed by atoms with Crippen molar-refractivity contribution in [1.82, 2.24) is 14.9 Å². The van der Waals surface area contributed by atoms with E-state index >= 15 is 0 Å². The van der Waals surface area contributed by atoms with Gasteiger partial charge in [-0.15, -0.1) is 10.2 Å². The SMILES string of the molecule is Oc1cccc(C=Nn2cnnc2)c1. The standard InChI is InChI=1S/C9H8N4O/c14-9-3-1-2-8(4-9)5-12-13-6-10-11-7-13/h1-7,14H. The molecule has 1 N–H and O–H groups in total. The molecule has 0 aliphatic carbocycles. The molecular weight excluding hydrogens is 180 g/mol. The minimum atomic E-state index is 0.220. The van der Waals surface area contributed by atoms with Crippen molar-refractivity contribution >= 4 is 6.21 Å². The van der Waals surface area contributed by atoms with Crippen LogP contribution in [0.3, 0.4) is 0 Å². The average Bonchev–Trinajstić information content (AvgIpc) is 2.67. The molecule has 1 aromatic heterocycles. The van der Waals surface area contributed by atoms with Crippen LogP contribution in [0, 0.1) is 0 Å². The molecule has 5 heteroatoms. The van der Waals surface area contributed by atoms with Crippen LogP contribution in [0.5, 0.6) is 5.75 Å². The van der Waals surface area contributed by atoms with Crippen LogP contribution in [-0.2, 0) is 0 Å². The van der Waals surface area contributed by atoms with Crippen LogP contribution in [0.4, 0.5) is 0 Å². The van der Waals surface area contributed by atoms with Crippen molar-refractivity contribution in [3.05, 3.63) is 42.5 Å². The maximum absolute atomic E-state index is 9.18. The van der Waals surface area contributed by atoms with E-state index in [4.69, 9.17) is 0 Å². The van der Waals surface area contributed by atoms with Crippen LogP contribution < -0.4 is 0 Å². The van der Waals surface area contributed by atoms with E-state index in [1.165, 1.54) is 17.3 Å². The molecule has 0 aliphatic rings. The summed E-state index contributed by atoms with van der Waals surface area (Å²) in [5.41, 5.74) is 0.818. The van der Waals surface area contributed by atoms with Gasteiger partial charge in [-0.2, -0.15) is 5.10 Å². The van der Waals surface area contributed by atoms with Gasteiger partial charge in [-0.05, 0) is 17.7 Å². The number of phenolic OH excluding ortho intramolecular Hbond substituents is 1. The van der Waals surface area contributed by atoms with E-state index < -0.39 is 0 Å². The highest BCUT2D eigenvalue weighted by atomic mass is 16.3. The summed E-state index contributed by atoms with van der Waals surface area (Å²) in [6.07, 6.45) is 4.58. The van der Waals surface area contributed by atoms with Gasteiger partial charge in [-0.25, -0.2) is 4.68 Å². The summed E-state index contributed by atoms with van der Waals surface area (Å²) in [5.74, 6) is 0.220. The Hall–Kier alpha value is -2.17. The van der Waals surface area contributed by atoms with Crippen molar-refractivity contribution in [3.63, 3.8) is 0 Å². The maximum Gasteiger partial charge on any atom is 0.141 e. The van der Waals surface area contributed by atoms with Crippen molar-refractivity contribution in [2.75, 3.05) is 0 Å². The highest BCUT2D eigenvalue weighted by molar-refractivity contribution is 5.79. The Balaban J connectivity index is 2.18. The minimum absolute atomic E-state index is 0.220. The number of hydrogen-bond donors (Lipinski definition) is 1. The molecule has 1 aromatic carbocycles. The fourth-order valence-corrected chi connectivity index (χ4v) is 0.993. The summed E-state index contributed by atoms with van der Waals surface area (Å²) >= 11 is 0. The minimum Gasteiger partial charge on any atom is -0.508 e.